The van der Waals surface area contributed by atoms with Crippen LogP contribution in [0.15, 0.2) is 28.8 Å². The number of carbonyl (C=O) groups excluding carboxylic acids is 2. The van der Waals surface area contributed by atoms with Gasteiger partial charge in [0.05, 0.1) is 28.0 Å². The van der Waals surface area contributed by atoms with E-state index in [2.05, 4.69) is 16.7 Å². The van der Waals surface area contributed by atoms with E-state index in [1.165, 1.54) is 0 Å². The van der Waals surface area contributed by atoms with Gasteiger partial charge in [0.15, 0.2) is 0 Å². The van der Waals surface area contributed by atoms with Gasteiger partial charge in [-0.1, -0.05) is 43.8 Å². The zero-order chi connectivity index (χ0) is 20.4. The number of nitriles is 2. The van der Waals surface area contributed by atoms with Gasteiger partial charge in [0, 0.05) is 11.1 Å². The van der Waals surface area contributed by atoms with Crippen LogP contribution in [0.5, 0.6) is 0 Å². The average molecular weight is 382 g/mol. The van der Waals surface area contributed by atoms with Gasteiger partial charge in [-0.15, -0.1) is 0 Å². The van der Waals surface area contributed by atoms with Crippen LogP contribution in [0, 0.1) is 47.8 Å². The van der Waals surface area contributed by atoms with E-state index < -0.39 is 22.5 Å². The van der Waals surface area contributed by atoms with E-state index in [1.54, 1.807) is 20.8 Å². The molecule has 0 aromatic heterocycles. The molecule has 0 spiro atoms. The maximum Gasteiger partial charge on any atom is 0.243 e. The summed E-state index contributed by atoms with van der Waals surface area (Å²) in [7, 11) is 0. The molecule has 2 N–H and O–H groups in total. The number of carbonyl (C=O) groups is 2. The Morgan fingerprint density at radius 2 is 1.89 bits per heavy atom. The number of nitrogens with one attached hydrogen (secondary N) is 2. The van der Waals surface area contributed by atoms with Crippen LogP contribution in [0.2, 0.25) is 0 Å². The molecular weight excluding hydrogens is 360 g/mol. The van der Waals surface area contributed by atoms with E-state index in [9.17, 15) is 20.1 Å². The fraction of sp³-hybridized carbons (Fsp3) is 0.400. The highest BCUT2D eigenvalue weighted by Crippen LogP contribution is 2.42. The highest BCUT2D eigenvalue weighted by atomic mass is 32.2. The molecule has 0 aliphatic carbocycles. The Kier molecular flexibility index (Phi) is 5.98. The van der Waals surface area contributed by atoms with E-state index in [0.29, 0.717) is 10.6 Å². The summed E-state index contributed by atoms with van der Waals surface area (Å²) in [5.74, 6) is -1.63. The highest BCUT2D eigenvalue weighted by molar-refractivity contribution is 8.04. The van der Waals surface area contributed by atoms with Crippen molar-refractivity contribution in [2.45, 2.75) is 39.9 Å². The van der Waals surface area contributed by atoms with Crippen molar-refractivity contribution in [2.75, 3.05) is 5.32 Å². The number of hydrogen-bond acceptors (Lipinski definition) is 5. The Morgan fingerprint density at radius 3 is 2.41 bits per heavy atom. The molecule has 0 unspecified atom stereocenters. The zero-order valence-electron chi connectivity index (χ0n) is 16.0. The third-order valence-electron chi connectivity index (χ3n) is 4.73. The van der Waals surface area contributed by atoms with Gasteiger partial charge < -0.3 is 10.6 Å². The minimum atomic E-state index is -0.949. The normalized spacial score (nSPS) is 19.5. The van der Waals surface area contributed by atoms with E-state index in [0.717, 1.165) is 28.6 Å². The highest BCUT2D eigenvalue weighted by Gasteiger charge is 2.45. The van der Waals surface area contributed by atoms with Crippen LogP contribution in [0.1, 0.15) is 31.9 Å². The maximum atomic E-state index is 12.6. The number of aryl methyl sites for hydroxylation is 2. The van der Waals surface area contributed by atoms with Gasteiger partial charge in [-0.05, 0) is 31.9 Å². The predicted octanol–water partition coefficient (Wildman–Crippen LogP) is 3.39. The van der Waals surface area contributed by atoms with Gasteiger partial charge in [0.25, 0.3) is 0 Å². The Bertz CT molecular complexity index is 885. The van der Waals surface area contributed by atoms with Gasteiger partial charge in [-0.3, -0.25) is 9.59 Å². The van der Waals surface area contributed by atoms with Crippen molar-refractivity contribution in [1.82, 2.24) is 5.32 Å². The molecule has 2 amide bonds. The van der Waals surface area contributed by atoms with E-state index in [1.807, 2.05) is 38.1 Å². The number of thioether (sulfide) groups is 1. The molecule has 7 heteroatoms. The summed E-state index contributed by atoms with van der Waals surface area (Å²) in [6, 6.07) is 9.83. The first-order chi connectivity index (χ1) is 12.6. The molecule has 0 radical (unpaired) electrons. The van der Waals surface area contributed by atoms with E-state index >= 15 is 0 Å². The van der Waals surface area contributed by atoms with Crippen LogP contribution in [-0.2, 0) is 9.59 Å². The Morgan fingerprint density at radius 1 is 1.30 bits per heavy atom. The van der Waals surface area contributed by atoms with Gasteiger partial charge in [0.1, 0.15) is 5.92 Å². The fourth-order valence-corrected chi connectivity index (χ4v) is 4.09. The third kappa shape index (κ3) is 3.99. The van der Waals surface area contributed by atoms with Crippen molar-refractivity contribution in [2.24, 2.45) is 11.3 Å². The first-order valence-electron chi connectivity index (χ1n) is 8.52. The smallest absolute Gasteiger partial charge is 0.243 e. The van der Waals surface area contributed by atoms with Crippen LogP contribution in [0.25, 0.3) is 0 Å². The summed E-state index contributed by atoms with van der Waals surface area (Å²) >= 11 is 1.11. The second-order valence-corrected chi connectivity index (χ2v) is 8.46. The lowest BCUT2D eigenvalue weighted by Gasteiger charge is -2.35. The number of para-hydroxylation sites is 1. The number of rotatable bonds is 4. The SMILES string of the molecule is Cc1cccc(C)c1NC(=O)[C@@H](C)SC1=C(C#N)C(C)(C)[C@H](C#N)C(=O)N1. The molecule has 1 aliphatic heterocycles. The molecule has 140 valence electrons. The van der Waals surface area contributed by atoms with Gasteiger partial charge in [-0.25, -0.2) is 0 Å². The molecule has 0 saturated carbocycles. The Balaban J connectivity index is 2.26. The van der Waals surface area contributed by atoms with Crippen LogP contribution in [0.4, 0.5) is 5.69 Å². The number of nitrogens with zero attached hydrogens (tertiary/aromatic N) is 2. The number of amides is 2. The van der Waals surface area contributed by atoms with E-state index in [-0.39, 0.29) is 5.91 Å². The summed E-state index contributed by atoms with van der Waals surface area (Å²) in [6.07, 6.45) is 0. The number of anilines is 1. The molecule has 6 nitrogen and oxygen atoms in total. The second kappa shape index (κ2) is 7.85. The number of benzene rings is 1. The van der Waals surface area contributed by atoms with Crippen molar-refractivity contribution in [3.05, 3.63) is 39.9 Å². The lowest BCUT2D eigenvalue weighted by Crippen LogP contribution is -2.45. The van der Waals surface area contributed by atoms with Gasteiger partial charge in [-0.2, -0.15) is 10.5 Å². The van der Waals surface area contributed by atoms with Crippen LogP contribution < -0.4 is 10.6 Å². The monoisotopic (exact) mass is 382 g/mol. The Labute approximate surface area is 163 Å². The van der Waals surface area contributed by atoms with Crippen molar-refractivity contribution < 1.29 is 9.59 Å². The summed E-state index contributed by atoms with van der Waals surface area (Å²) < 4.78 is 0. The molecular formula is C20H22N4O2S. The van der Waals surface area contributed by atoms with E-state index in [4.69, 9.17) is 0 Å². The largest absolute Gasteiger partial charge is 0.325 e. The molecule has 27 heavy (non-hydrogen) atoms. The minimum Gasteiger partial charge on any atom is -0.325 e. The minimum absolute atomic E-state index is 0.225. The number of hydrogen-bond donors (Lipinski definition) is 2. The molecule has 0 fully saturated rings. The summed E-state index contributed by atoms with van der Waals surface area (Å²) in [5, 5.41) is 24.2. The number of allylic oxidation sites excluding steroid dienone is 1. The summed E-state index contributed by atoms with van der Waals surface area (Å²) in [4.78, 5) is 24.9. The fourth-order valence-electron chi connectivity index (χ4n) is 2.98. The van der Waals surface area contributed by atoms with Crippen molar-refractivity contribution >= 4 is 29.3 Å². The topological polar surface area (TPSA) is 106 Å². The standard InChI is InChI=1S/C20H22N4O2S/c1-11-7-6-8-12(2)16(11)23-17(25)13(3)27-19-15(10-22)20(4,5)14(9-21)18(26)24-19/h6-8,13-14H,1-5H3,(H,23,25)(H,24,26)/t13-,14-/m1/s1. The van der Waals surface area contributed by atoms with Crippen LogP contribution in [0.3, 0.4) is 0 Å². The molecule has 1 heterocycles. The first-order valence-corrected chi connectivity index (χ1v) is 9.40. The Hall–Kier alpha value is -2.77. The molecule has 1 aliphatic rings. The molecule has 2 atom stereocenters. The first kappa shape index (κ1) is 20.5. The third-order valence-corrected chi connectivity index (χ3v) is 5.84. The van der Waals surface area contributed by atoms with Crippen molar-refractivity contribution in [3.8, 4) is 12.1 Å². The predicted molar refractivity (Wildman–Crippen MR) is 105 cm³/mol. The molecule has 0 saturated heterocycles. The molecule has 1 aromatic carbocycles. The lowest BCUT2D eigenvalue weighted by atomic mass is 9.72. The zero-order valence-corrected chi connectivity index (χ0v) is 16.8. The lowest BCUT2D eigenvalue weighted by molar-refractivity contribution is -0.125. The quantitative estimate of drug-likeness (QED) is 0.830. The molecule has 0 bridgehead atoms. The van der Waals surface area contributed by atoms with Crippen molar-refractivity contribution in [1.29, 1.82) is 10.5 Å². The summed E-state index contributed by atoms with van der Waals surface area (Å²) in [6.45, 7) is 8.94. The second-order valence-electron chi connectivity index (χ2n) is 7.11. The van der Waals surface area contributed by atoms with Gasteiger partial charge >= 0.3 is 0 Å². The molecule has 2 rings (SSSR count). The summed E-state index contributed by atoms with van der Waals surface area (Å²) in [5.41, 5.74) is 2.08. The molecule has 1 aromatic rings. The van der Waals surface area contributed by atoms with Crippen LogP contribution in [-0.4, -0.2) is 17.1 Å². The average Bonchev–Trinajstić information content (AvgIpc) is 2.57. The van der Waals surface area contributed by atoms with Gasteiger partial charge in [0.2, 0.25) is 11.8 Å². The van der Waals surface area contributed by atoms with Crippen LogP contribution >= 0.6 is 11.8 Å². The van der Waals surface area contributed by atoms with Crippen molar-refractivity contribution in [3.63, 3.8) is 0 Å². The maximum absolute atomic E-state index is 12.6.